The average Bonchev–Trinajstić information content (AvgIpc) is 2.53. The van der Waals surface area contributed by atoms with Gasteiger partial charge in [0, 0.05) is 41.3 Å². The van der Waals surface area contributed by atoms with E-state index in [1.54, 1.807) is 13.1 Å². The minimum Gasteiger partial charge on any atom is -0.373 e. The van der Waals surface area contributed by atoms with Gasteiger partial charge in [-0.3, -0.25) is 9.00 Å². The van der Waals surface area contributed by atoms with Crippen LogP contribution in [-0.2, 0) is 10.8 Å². The van der Waals surface area contributed by atoms with E-state index in [-0.39, 0.29) is 5.91 Å². The Kier molecular flexibility index (Phi) is 5.27. The van der Waals surface area contributed by atoms with Crippen molar-refractivity contribution >= 4 is 33.3 Å². The minimum absolute atomic E-state index is 0.245. The molecular weight excluding hydrogens is 286 g/mol. The van der Waals surface area contributed by atoms with Crippen molar-refractivity contribution in [2.24, 2.45) is 0 Å². The van der Waals surface area contributed by atoms with Gasteiger partial charge in [0.25, 0.3) is 5.91 Å². The number of fused-ring (bicyclic) bond motifs is 1. The molecule has 0 aliphatic rings. The van der Waals surface area contributed by atoms with Crippen LogP contribution in [0, 0.1) is 0 Å². The van der Waals surface area contributed by atoms with Gasteiger partial charge in [-0.25, -0.2) is 4.98 Å². The smallest absolute Gasteiger partial charge is 0.270 e. The molecule has 0 aliphatic heterocycles. The number of nitrogens with zero attached hydrogens (tertiary/aromatic N) is 1. The molecule has 0 saturated carbocycles. The second-order valence-electron chi connectivity index (χ2n) is 4.52. The standard InChI is InChI=1S/C15H19N3O2S/c1-3-21(20)9-8-17-15(19)13-10-11-6-4-5-7-12(11)14(16-2)18-13/h4-7,10H,3,8-9H2,1-2H3,(H,16,18)(H,17,19). The third-order valence-electron chi connectivity index (χ3n) is 3.15. The molecule has 112 valence electrons. The highest BCUT2D eigenvalue weighted by atomic mass is 32.2. The summed E-state index contributed by atoms with van der Waals surface area (Å²) < 4.78 is 11.3. The summed E-state index contributed by atoms with van der Waals surface area (Å²) in [7, 11) is 0.903. The number of amides is 1. The SMILES string of the molecule is CCS(=O)CCNC(=O)c1cc2ccccc2c(NC)n1. The van der Waals surface area contributed by atoms with Gasteiger partial charge in [-0.05, 0) is 11.5 Å². The summed E-state index contributed by atoms with van der Waals surface area (Å²) in [5.74, 6) is 1.50. The van der Waals surface area contributed by atoms with Gasteiger partial charge in [0.1, 0.15) is 11.5 Å². The van der Waals surface area contributed by atoms with Crippen molar-refractivity contribution in [2.45, 2.75) is 6.92 Å². The Morgan fingerprint density at radius 1 is 1.33 bits per heavy atom. The van der Waals surface area contributed by atoms with Crippen LogP contribution in [0.5, 0.6) is 0 Å². The fourth-order valence-electron chi connectivity index (χ4n) is 2.02. The number of hydrogen-bond donors (Lipinski definition) is 2. The summed E-state index contributed by atoms with van der Waals surface area (Å²) >= 11 is 0. The first kappa shape index (κ1) is 15.4. The van der Waals surface area contributed by atoms with Gasteiger partial charge in [-0.15, -0.1) is 0 Å². The highest BCUT2D eigenvalue weighted by Crippen LogP contribution is 2.21. The molecule has 1 heterocycles. The molecule has 1 unspecified atom stereocenters. The van der Waals surface area contributed by atoms with Crippen molar-refractivity contribution in [1.29, 1.82) is 0 Å². The fourth-order valence-corrected chi connectivity index (χ4v) is 2.64. The number of pyridine rings is 1. The number of carbonyl (C=O) groups excluding carboxylic acids is 1. The molecule has 0 spiro atoms. The minimum atomic E-state index is -0.876. The maximum absolute atomic E-state index is 12.1. The maximum Gasteiger partial charge on any atom is 0.270 e. The molecule has 1 aromatic carbocycles. The van der Waals surface area contributed by atoms with E-state index in [2.05, 4.69) is 15.6 Å². The van der Waals surface area contributed by atoms with E-state index < -0.39 is 10.8 Å². The molecule has 2 N–H and O–H groups in total. The lowest BCUT2D eigenvalue weighted by molar-refractivity contribution is 0.0951. The Morgan fingerprint density at radius 2 is 2.10 bits per heavy atom. The van der Waals surface area contributed by atoms with Crippen LogP contribution < -0.4 is 10.6 Å². The van der Waals surface area contributed by atoms with Crippen LogP contribution in [0.2, 0.25) is 0 Å². The highest BCUT2D eigenvalue weighted by molar-refractivity contribution is 7.84. The fraction of sp³-hybridized carbons (Fsp3) is 0.333. The Balaban J connectivity index is 2.17. The van der Waals surface area contributed by atoms with E-state index in [0.29, 0.717) is 29.6 Å². The topological polar surface area (TPSA) is 71.1 Å². The van der Waals surface area contributed by atoms with Crippen LogP contribution in [0.1, 0.15) is 17.4 Å². The second kappa shape index (κ2) is 7.17. The highest BCUT2D eigenvalue weighted by Gasteiger charge is 2.11. The van der Waals surface area contributed by atoms with E-state index >= 15 is 0 Å². The van der Waals surface area contributed by atoms with E-state index in [9.17, 15) is 9.00 Å². The zero-order valence-electron chi connectivity index (χ0n) is 12.2. The lowest BCUT2D eigenvalue weighted by Gasteiger charge is -2.09. The van der Waals surface area contributed by atoms with Crippen molar-refractivity contribution in [3.63, 3.8) is 0 Å². The van der Waals surface area contributed by atoms with Gasteiger partial charge in [0.15, 0.2) is 0 Å². The molecule has 2 rings (SSSR count). The number of anilines is 1. The van der Waals surface area contributed by atoms with Crippen LogP contribution in [0.25, 0.3) is 10.8 Å². The van der Waals surface area contributed by atoms with Crippen molar-refractivity contribution in [2.75, 3.05) is 30.4 Å². The predicted molar refractivity (Wildman–Crippen MR) is 87.2 cm³/mol. The number of hydrogen-bond acceptors (Lipinski definition) is 4. The third-order valence-corrected chi connectivity index (χ3v) is 4.45. The molecule has 21 heavy (non-hydrogen) atoms. The van der Waals surface area contributed by atoms with Crippen LogP contribution in [0.4, 0.5) is 5.82 Å². The van der Waals surface area contributed by atoms with Crippen LogP contribution in [0.15, 0.2) is 30.3 Å². The number of aromatic nitrogens is 1. The van der Waals surface area contributed by atoms with E-state index in [4.69, 9.17) is 0 Å². The average molecular weight is 305 g/mol. The van der Waals surface area contributed by atoms with Gasteiger partial charge < -0.3 is 10.6 Å². The first-order valence-electron chi connectivity index (χ1n) is 6.86. The monoisotopic (exact) mass is 305 g/mol. The number of carbonyl (C=O) groups is 1. The number of benzene rings is 1. The zero-order chi connectivity index (χ0) is 15.2. The predicted octanol–water partition coefficient (Wildman–Crippen LogP) is 1.77. The Labute approximate surface area is 126 Å². The second-order valence-corrected chi connectivity index (χ2v) is 6.38. The van der Waals surface area contributed by atoms with Crippen molar-refractivity contribution in [3.8, 4) is 0 Å². The summed E-state index contributed by atoms with van der Waals surface area (Å²) in [4.78, 5) is 16.5. The Hall–Kier alpha value is -1.95. The quantitative estimate of drug-likeness (QED) is 0.853. The third kappa shape index (κ3) is 3.78. The number of nitrogens with one attached hydrogen (secondary N) is 2. The Morgan fingerprint density at radius 3 is 2.81 bits per heavy atom. The summed E-state index contributed by atoms with van der Waals surface area (Å²) in [6.07, 6.45) is 0. The molecule has 2 aromatic rings. The van der Waals surface area contributed by atoms with Gasteiger partial charge in [0.05, 0.1) is 0 Å². The normalized spacial score (nSPS) is 12.1. The molecule has 0 aliphatic carbocycles. The lowest BCUT2D eigenvalue weighted by Crippen LogP contribution is -2.28. The van der Waals surface area contributed by atoms with Crippen molar-refractivity contribution < 1.29 is 9.00 Å². The summed E-state index contributed by atoms with van der Waals surface area (Å²) in [6, 6.07) is 9.53. The summed E-state index contributed by atoms with van der Waals surface area (Å²) in [6.45, 7) is 2.25. The van der Waals surface area contributed by atoms with Crippen molar-refractivity contribution in [1.82, 2.24) is 10.3 Å². The molecule has 6 heteroatoms. The molecule has 0 bridgehead atoms. The van der Waals surface area contributed by atoms with Crippen LogP contribution in [-0.4, -0.2) is 40.2 Å². The van der Waals surface area contributed by atoms with E-state index in [0.717, 1.165) is 10.8 Å². The Bertz CT molecular complexity index is 673. The van der Waals surface area contributed by atoms with Gasteiger partial charge in [0.2, 0.25) is 0 Å². The lowest BCUT2D eigenvalue weighted by atomic mass is 10.1. The number of rotatable bonds is 6. The van der Waals surface area contributed by atoms with E-state index in [1.807, 2.05) is 31.2 Å². The van der Waals surface area contributed by atoms with E-state index in [1.165, 1.54) is 0 Å². The van der Waals surface area contributed by atoms with Gasteiger partial charge in [-0.1, -0.05) is 31.2 Å². The summed E-state index contributed by atoms with van der Waals surface area (Å²) in [5.41, 5.74) is 0.361. The van der Waals surface area contributed by atoms with Crippen LogP contribution in [0.3, 0.4) is 0 Å². The molecular formula is C15H19N3O2S. The molecule has 5 nitrogen and oxygen atoms in total. The first-order chi connectivity index (χ1) is 10.2. The molecule has 0 saturated heterocycles. The largest absolute Gasteiger partial charge is 0.373 e. The zero-order valence-corrected chi connectivity index (χ0v) is 13.0. The van der Waals surface area contributed by atoms with Gasteiger partial charge in [-0.2, -0.15) is 0 Å². The molecule has 0 radical (unpaired) electrons. The summed E-state index contributed by atoms with van der Waals surface area (Å²) in [5, 5.41) is 7.70. The molecule has 0 fully saturated rings. The molecule has 1 atom stereocenters. The molecule has 1 aromatic heterocycles. The van der Waals surface area contributed by atoms with Crippen LogP contribution >= 0.6 is 0 Å². The van der Waals surface area contributed by atoms with Crippen molar-refractivity contribution in [3.05, 3.63) is 36.0 Å². The first-order valence-corrected chi connectivity index (χ1v) is 8.35. The molecule has 1 amide bonds. The van der Waals surface area contributed by atoms with Gasteiger partial charge >= 0.3 is 0 Å². The maximum atomic E-state index is 12.1.